The highest BCUT2D eigenvalue weighted by Gasteiger charge is 2.18. The van der Waals surface area contributed by atoms with E-state index in [2.05, 4.69) is 5.48 Å². The van der Waals surface area contributed by atoms with Crippen molar-refractivity contribution in [2.24, 2.45) is 0 Å². The van der Waals surface area contributed by atoms with Gasteiger partial charge in [0.05, 0.1) is 25.3 Å². The molecule has 4 nitrogen and oxygen atoms in total. The average molecular weight is 258 g/mol. The first-order chi connectivity index (χ1) is 8.29. The molecule has 0 spiro atoms. The van der Waals surface area contributed by atoms with Gasteiger partial charge in [-0.05, 0) is 17.7 Å². The van der Waals surface area contributed by atoms with Crippen molar-refractivity contribution < 1.29 is 14.3 Å². The van der Waals surface area contributed by atoms with Gasteiger partial charge in [0.1, 0.15) is 11.9 Å². The Morgan fingerprint density at radius 2 is 2.41 bits per heavy atom. The number of ether oxygens (including phenoxy) is 2. The van der Waals surface area contributed by atoms with E-state index < -0.39 is 0 Å². The zero-order valence-electron chi connectivity index (χ0n) is 9.74. The van der Waals surface area contributed by atoms with Crippen molar-refractivity contribution in [2.75, 3.05) is 20.3 Å². The molecular formula is C12H16ClNO3. The summed E-state index contributed by atoms with van der Waals surface area (Å²) in [5.74, 6) is 0.711. The van der Waals surface area contributed by atoms with E-state index in [1.54, 1.807) is 7.11 Å². The first-order valence-corrected chi connectivity index (χ1v) is 5.96. The van der Waals surface area contributed by atoms with Gasteiger partial charge in [0, 0.05) is 13.0 Å². The number of benzene rings is 1. The zero-order valence-corrected chi connectivity index (χ0v) is 10.5. The van der Waals surface area contributed by atoms with Crippen LogP contribution in [-0.2, 0) is 16.1 Å². The Bertz CT molecular complexity index is 367. The molecule has 1 aliphatic rings. The predicted molar refractivity (Wildman–Crippen MR) is 65.2 cm³/mol. The highest BCUT2D eigenvalue weighted by atomic mass is 35.5. The van der Waals surface area contributed by atoms with Crippen LogP contribution in [0.1, 0.15) is 12.0 Å². The Morgan fingerprint density at radius 3 is 3.06 bits per heavy atom. The molecule has 1 aromatic carbocycles. The molecule has 94 valence electrons. The number of hydroxylamine groups is 1. The van der Waals surface area contributed by atoms with Gasteiger partial charge in [0.2, 0.25) is 0 Å². The van der Waals surface area contributed by atoms with Crippen LogP contribution in [0.4, 0.5) is 0 Å². The first kappa shape index (κ1) is 12.6. The molecule has 1 fully saturated rings. The molecule has 1 aromatic rings. The van der Waals surface area contributed by atoms with Crippen LogP contribution in [-0.4, -0.2) is 26.4 Å². The van der Waals surface area contributed by atoms with Crippen molar-refractivity contribution in [3.8, 4) is 5.75 Å². The normalized spacial score (nSPS) is 19.5. The third-order valence-electron chi connectivity index (χ3n) is 2.60. The summed E-state index contributed by atoms with van der Waals surface area (Å²) >= 11 is 6.15. The topological polar surface area (TPSA) is 39.7 Å². The van der Waals surface area contributed by atoms with Gasteiger partial charge in [-0.2, -0.15) is 5.48 Å². The minimum atomic E-state index is 0.121. The second-order valence-electron chi connectivity index (χ2n) is 3.89. The zero-order chi connectivity index (χ0) is 12.1. The lowest BCUT2D eigenvalue weighted by atomic mass is 10.2. The van der Waals surface area contributed by atoms with Crippen molar-refractivity contribution >= 4 is 11.6 Å². The van der Waals surface area contributed by atoms with Gasteiger partial charge in [-0.25, -0.2) is 0 Å². The fourth-order valence-electron chi connectivity index (χ4n) is 1.69. The maximum absolute atomic E-state index is 6.15. The number of hydrogen-bond acceptors (Lipinski definition) is 4. The molecule has 1 unspecified atom stereocenters. The van der Waals surface area contributed by atoms with Gasteiger partial charge in [-0.15, -0.1) is 0 Å². The van der Waals surface area contributed by atoms with Gasteiger partial charge in [0.15, 0.2) is 0 Å². The highest BCUT2D eigenvalue weighted by molar-refractivity contribution is 6.32. The molecule has 17 heavy (non-hydrogen) atoms. The quantitative estimate of drug-likeness (QED) is 0.821. The number of hydrogen-bond donors (Lipinski definition) is 1. The summed E-state index contributed by atoms with van der Waals surface area (Å²) in [6, 6.07) is 5.72. The van der Waals surface area contributed by atoms with Gasteiger partial charge < -0.3 is 14.3 Å². The smallest absolute Gasteiger partial charge is 0.138 e. The van der Waals surface area contributed by atoms with E-state index in [0.29, 0.717) is 23.9 Å². The van der Waals surface area contributed by atoms with E-state index in [0.717, 1.165) is 18.6 Å². The van der Waals surface area contributed by atoms with Crippen LogP contribution in [0.2, 0.25) is 5.02 Å². The van der Waals surface area contributed by atoms with Crippen LogP contribution in [0.3, 0.4) is 0 Å². The first-order valence-electron chi connectivity index (χ1n) is 5.58. The average Bonchev–Trinajstić information content (AvgIpc) is 2.82. The second kappa shape index (κ2) is 6.21. The Labute approximate surface area is 106 Å². The predicted octanol–water partition coefficient (Wildman–Crippen LogP) is 2.16. The molecular weight excluding hydrogens is 242 g/mol. The molecule has 0 radical (unpaired) electrons. The highest BCUT2D eigenvalue weighted by Crippen LogP contribution is 2.27. The molecule has 1 aliphatic heterocycles. The number of nitrogens with one attached hydrogen (secondary N) is 1. The molecule has 0 saturated carbocycles. The summed E-state index contributed by atoms with van der Waals surface area (Å²) in [5, 5.41) is 0.618. The largest absolute Gasteiger partial charge is 0.486 e. The molecule has 1 heterocycles. The summed E-state index contributed by atoms with van der Waals surface area (Å²) in [7, 11) is 1.58. The van der Waals surface area contributed by atoms with Crippen molar-refractivity contribution in [3.05, 3.63) is 28.8 Å². The van der Waals surface area contributed by atoms with Crippen LogP contribution < -0.4 is 10.2 Å². The van der Waals surface area contributed by atoms with Gasteiger partial charge >= 0.3 is 0 Å². The summed E-state index contributed by atoms with van der Waals surface area (Å²) in [6.07, 6.45) is 1.04. The Kier molecular flexibility index (Phi) is 4.62. The lowest BCUT2D eigenvalue weighted by molar-refractivity contribution is 0.0867. The van der Waals surface area contributed by atoms with Gasteiger partial charge in [-0.3, -0.25) is 0 Å². The molecule has 0 bridgehead atoms. The molecule has 1 atom stereocenters. The van der Waals surface area contributed by atoms with Crippen LogP contribution in [0.25, 0.3) is 0 Å². The lowest BCUT2D eigenvalue weighted by Gasteiger charge is -2.14. The van der Waals surface area contributed by atoms with Gasteiger partial charge in [-0.1, -0.05) is 17.7 Å². The molecule has 1 saturated heterocycles. The minimum Gasteiger partial charge on any atom is -0.486 e. The fourth-order valence-corrected chi connectivity index (χ4v) is 1.94. The summed E-state index contributed by atoms with van der Waals surface area (Å²) in [5.41, 5.74) is 3.81. The van der Waals surface area contributed by atoms with Crippen molar-refractivity contribution in [3.63, 3.8) is 0 Å². The number of halogens is 1. The summed E-state index contributed by atoms with van der Waals surface area (Å²) < 4.78 is 11.0. The van der Waals surface area contributed by atoms with Gasteiger partial charge in [0.25, 0.3) is 0 Å². The monoisotopic (exact) mass is 257 g/mol. The molecule has 0 aliphatic carbocycles. The Balaban J connectivity index is 1.98. The Morgan fingerprint density at radius 1 is 1.53 bits per heavy atom. The summed E-state index contributed by atoms with van der Waals surface area (Å²) in [6.45, 7) is 2.02. The second-order valence-corrected chi connectivity index (χ2v) is 4.30. The van der Waals surface area contributed by atoms with E-state index in [4.69, 9.17) is 25.9 Å². The maximum atomic E-state index is 6.15. The van der Waals surface area contributed by atoms with Crippen molar-refractivity contribution in [2.45, 2.75) is 19.1 Å². The van der Waals surface area contributed by atoms with E-state index in [1.165, 1.54) is 0 Å². The maximum Gasteiger partial charge on any atom is 0.138 e. The molecule has 5 heteroatoms. The van der Waals surface area contributed by atoms with E-state index in [1.807, 2.05) is 18.2 Å². The third kappa shape index (κ3) is 3.57. The van der Waals surface area contributed by atoms with E-state index in [-0.39, 0.29) is 6.10 Å². The lowest BCUT2D eigenvalue weighted by Crippen LogP contribution is -2.16. The minimum absolute atomic E-state index is 0.121. The molecule has 2 rings (SSSR count). The van der Waals surface area contributed by atoms with Crippen molar-refractivity contribution in [1.29, 1.82) is 0 Å². The molecule has 0 aromatic heterocycles. The van der Waals surface area contributed by atoms with Crippen molar-refractivity contribution in [1.82, 2.24) is 5.48 Å². The third-order valence-corrected chi connectivity index (χ3v) is 2.89. The van der Waals surface area contributed by atoms with Crippen LogP contribution >= 0.6 is 11.6 Å². The summed E-state index contributed by atoms with van der Waals surface area (Å²) in [4.78, 5) is 4.78. The molecule has 0 amide bonds. The van der Waals surface area contributed by atoms with Crippen LogP contribution in [0.5, 0.6) is 5.75 Å². The Hall–Kier alpha value is -0.810. The standard InChI is InChI=1S/C12H16ClNO3/c1-15-14-7-9-2-3-12(11(13)6-9)17-10-4-5-16-8-10/h2-3,6,10,14H,4-5,7-8H2,1H3. The fraction of sp³-hybridized carbons (Fsp3) is 0.500. The van der Waals surface area contributed by atoms with E-state index in [9.17, 15) is 0 Å². The molecule has 1 N–H and O–H groups in total. The SMILES string of the molecule is CONCc1ccc(OC2CCOC2)c(Cl)c1. The van der Waals surface area contributed by atoms with E-state index >= 15 is 0 Å². The van der Waals surface area contributed by atoms with Crippen LogP contribution in [0.15, 0.2) is 18.2 Å². The number of rotatable bonds is 5. The van der Waals surface area contributed by atoms with Crippen LogP contribution in [0, 0.1) is 0 Å².